The van der Waals surface area contributed by atoms with Crippen molar-refractivity contribution >= 4 is 16.3 Å². The van der Waals surface area contributed by atoms with Crippen LogP contribution < -0.4 is 5.32 Å². The highest BCUT2D eigenvalue weighted by atomic mass is 32.1. The standard InChI is InChI=1S/C16H28N4OS/c1-5-19(6-2)8-7-14(11-21)17-9-15-13(4)18-16-20(15)10-12(3)22-16/h10,14,17,21H,5-9,11H2,1-4H3. The van der Waals surface area contributed by atoms with E-state index in [2.05, 4.69) is 53.5 Å². The Bertz CT molecular complexity index is 588. The molecule has 0 amide bonds. The van der Waals surface area contributed by atoms with Gasteiger partial charge in [0.15, 0.2) is 4.96 Å². The van der Waals surface area contributed by atoms with Gasteiger partial charge in [0.1, 0.15) is 0 Å². The SMILES string of the molecule is CCN(CC)CCC(CO)NCc1c(C)nc2sc(C)cn12. The summed E-state index contributed by atoms with van der Waals surface area (Å²) in [6.45, 7) is 12.6. The molecule has 1 unspecified atom stereocenters. The molecule has 124 valence electrons. The Hall–Kier alpha value is -0.950. The Balaban J connectivity index is 1.95. The van der Waals surface area contributed by atoms with Gasteiger partial charge < -0.3 is 15.3 Å². The van der Waals surface area contributed by atoms with Crippen molar-refractivity contribution in [1.82, 2.24) is 19.6 Å². The van der Waals surface area contributed by atoms with E-state index in [1.807, 2.05) is 0 Å². The molecular formula is C16H28N4OS. The van der Waals surface area contributed by atoms with E-state index in [1.165, 1.54) is 10.6 Å². The lowest BCUT2D eigenvalue weighted by Gasteiger charge is -2.22. The second-order valence-electron chi connectivity index (χ2n) is 5.71. The van der Waals surface area contributed by atoms with Crippen molar-refractivity contribution in [1.29, 1.82) is 0 Å². The molecule has 0 aliphatic heterocycles. The summed E-state index contributed by atoms with van der Waals surface area (Å²) in [6.07, 6.45) is 3.10. The molecule has 2 rings (SSSR count). The molecule has 2 N–H and O–H groups in total. The average molecular weight is 324 g/mol. The first kappa shape index (κ1) is 17.4. The number of hydrogen-bond donors (Lipinski definition) is 2. The van der Waals surface area contributed by atoms with E-state index in [1.54, 1.807) is 11.3 Å². The number of aliphatic hydroxyl groups is 1. The van der Waals surface area contributed by atoms with Crippen molar-refractivity contribution in [3.05, 3.63) is 22.5 Å². The number of nitrogens with zero attached hydrogens (tertiary/aromatic N) is 3. The number of imidazole rings is 1. The molecule has 0 aromatic carbocycles. The lowest BCUT2D eigenvalue weighted by molar-refractivity contribution is 0.210. The maximum Gasteiger partial charge on any atom is 0.194 e. The van der Waals surface area contributed by atoms with E-state index >= 15 is 0 Å². The zero-order valence-electron chi connectivity index (χ0n) is 14.1. The van der Waals surface area contributed by atoms with Gasteiger partial charge in [-0.2, -0.15) is 0 Å². The Kier molecular flexibility index (Phi) is 6.37. The molecule has 6 heteroatoms. The molecule has 0 fully saturated rings. The van der Waals surface area contributed by atoms with Crippen LogP contribution in [-0.4, -0.2) is 51.7 Å². The van der Waals surface area contributed by atoms with Gasteiger partial charge in [-0.3, -0.25) is 4.40 Å². The minimum Gasteiger partial charge on any atom is -0.395 e. The van der Waals surface area contributed by atoms with Crippen LogP contribution in [0.15, 0.2) is 6.20 Å². The molecule has 0 radical (unpaired) electrons. The molecular weight excluding hydrogens is 296 g/mol. The first-order valence-electron chi connectivity index (χ1n) is 8.09. The van der Waals surface area contributed by atoms with E-state index in [9.17, 15) is 5.11 Å². The fraction of sp³-hybridized carbons (Fsp3) is 0.688. The van der Waals surface area contributed by atoms with Crippen LogP contribution in [0.4, 0.5) is 0 Å². The van der Waals surface area contributed by atoms with Crippen molar-refractivity contribution in [2.24, 2.45) is 0 Å². The monoisotopic (exact) mass is 324 g/mol. The van der Waals surface area contributed by atoms with E-state index in [0.717, 1.165) is 43.3 Å². The predicted molar refractivity (Wildman–Crippen MR) is 92.7 cm³/mol. The molecule has 0 saturated carbocycles. The maximum atomic E-state index is 9.60. The topological polar surface area (TPSA) is 52.8 Å². The van der Waals surface area contributed by atoms with Crippen LogP contribution in [0.1, 0.15) is 36.5 Å². The highest BCUT2D eigenvalue weighted by Crippen LogP contribution is 2.20. The Morgan fingerprint density at radius 2 is 2.09 bits per heavy atom. The number of aliphatic hydroxyl groups excluding tert-OH is 1. The van der Waals surface area contributed by atoms with E-state index in [-0.39, 0.29) is 12.6 Å². The molecule has 0 saturated heterocycles. The fourth-order valence-electron chi connectivity index (χ4n) is 2.70. The molecule has 2 aromatic heterocycles. The van der Waals surface area contributed by atoms with Gasteiger partial charge in [0.2, 0.25) is 0 Å². The van der Waals surface area contributed by atoms with Crippen LogP contribution in [0.3, 0.4) is 0 Å². The van der Waals surface area contributed by atoms with Crippen LogP contribution in [-0.2, 0) is 6.54 Å². The summed E-state index contributed by atoms with van der Waals surface area (Å²) in [5, 5.41) is 13.1. The Morgan fingerprint density at radius 1 is 1.36 bits per heavy atom. The average Bonchev–Trinajstić information content (AvgIpc) is 2.98. The van der Waals surface area contributed by atoms with Crippen LogP contribution in [0.5, 0.6) is 0 Å². The van der Waals surface area contributed by atoms with Gasteiger partial charge in [0.25, 0.3) is 0 Å². The van der Waals surface area contributed by atoms with Crippen LogP contribution in [0, 0.1) is 13.8 Å². The maximum absolute atomic E-state index is 9.60. The lowest BCUT2D eigenvalue weighted by atomic mass is 10.2. The summed E-state index contributed by atoms with van der Waals surface area (Å²) in [6, 6.07) is 0.130. The molecule has 1 atom stereocenters. The number of nitrogens with one attached hydrogen (secondary N) is 1. The third-order valence-corrected chi connectivity index (χ3v) is 5.11. The Morgan fingerprint density at radius 3 is 2.73 bits per heavy atom. The summed E-state index contributed by atoms with van der Waals surface area (Å²) in [7, 11) is 0. The largest absolute Gasteiger partial charge is 0.395 e. The normalized spacial score (nSPS) is 13.4. The van der Waals surface area contributed by atoms with E-state index in [0.29, 0.717) is 0 Å². The van der Waals surface area contributed by atoms with Crippen molar-refractivity contribution < 1.29 is 5.11 Å². The molecule has 0 bridgehead atoms. The van der Waals surface area contributed by atoms with Gasteiger partial charge >= 0.3 is 0 Å². The fourth-order valence-corrected chi connectivity index (χ4v) is 3.59. The zero-order chi connectivity index (χ0) is 16.1. The van der Waals surface area contributed by atoms with Gasteiger partial charge in [-0.05, 0) is 39.9 Å². The molecule has 0 spiro atoms. The minimum absolute atomic E-state index is 0.130. The third-order valence-electron chi connectivity index (χ3n) is 4.21. The van der Waals surface area contributed by atoms with Crippen molar-refractivity contribution in [3.63, 3.8) is 0 Å². The summed E-state index contributed by atoms with van der Waals surface area (Å²) in [5.41, 5.74) is 2.26. The van der Waals surface area contributed by atoms with Gasteiger partial charge in [0, 0.05) is 23.7 Å². The summed E-state index contributed by atoms with van der Waals surface area (Å²) in [4.78, 5) is 9.31. The summed E-state index contributed by atoms with van der Waals surface area (Å²) < 4.78 is 2.17. The van der Waals surface area contributed by atoms with Crippen molar-refractivity contribution in [2.45, 2.75) is 46.7 Å². The van der Waals surface area contributed by atoms with Crippen LogP contribution in [0.2, 0.25) is 0 Å². The number of aromatic nitrogens is 2. The first-order valence-corrected chi connectivity index (χ1v) is 8.91. The molecule has 0 aliphatic rings. The molecule has 2 aromatic rings. The second-order valence-corrected chi connectivity index (χ2v) is 6.93. The van der Waals surface area contributed by atoms with Gasteiger partial charge in [-0.15, -0.1) is 11.3 Å². The van der Waals surface area contributed by atoms with Crippen LogP contribution >= 0.6 is 11.3 Å². The smallest absolute Gasteiger partial charge is 0.194 e. The second kappa shape index (κ2) is 8.06. The predicted octanol–water partition coefficient (Wildman–Crippen LogP) is 2.20. The van der Waals surface area contributed by atoms with Gasteiger partial charge in [-0.25, -0.2) is 4.98 Å². The van der Waals surface area contributed by atoms with E-state index in [4.69, 9.17) is 0 Å². The van der Waals surface area contributed by atoms with Crippen molar-refractivity contribution in [3.8, 4) is 0 Å². The number of aryl methyl sites for hydroxylation is 2. The van der Waals surface area contributed by atoms with Gasteiger partial charge in [0.05, 0.1) is 18.0 Å². The van der Waals surface area contributed by atoms with Gasteiger partial charge in [-0.1, -0.05) is 13.8 Å². The zero-order valence-corrected chi connectivity index (χ0v) is 14.9. The first-order chi connectivity index (χ1) is 10.6. The quantitative estimate of drug-likeness (QED) is 0.742. The third kappa shape index (κ3) is 4.07. The summed E-state index contributed by atoms with van der Waals surface area (Å²) >= 11 is 1.72. The molecule has 2 heterocycles. The summed E-state index contributed by atoms with van der Waals surface area (Å²) in [5.74, 6) is 0. The highest BCUT2D eigenvalue weighted by Gasteiger charge is 2.14. The molecule has 22 heavy (non-hydrogen) atoms. The molecule has 5 nitrogen and oxygen atoms in total. The van der Waals surface area contributed by atoms with Crippen molar-refractivity contribution in [2.75, 3.05) is 26.2 Å². The minimum atomic E-state index is 0.130. The highest BCUT2D eigenvalue weighted by molar-refractivity contribution is 7.17. The number of thiazole rings is 1. The Labute approximate surface area is 137 Å². The lowest BCUT2D eigenvalue weighted by Crippen LogP contribution is -2.36. The number of rotatable bonds is 9. The van der Waals surface area contributed by atoms with Crippen LogP contribution in [0.25, 0.3) is 4.96 Å². The van der Waals surface area contributed by atoms with E-state index < -0.39 is 0 Å². The number of hydrogen-bond acceptors (Lipinski definition) is 5. The number of fused-ring (bicyclic) bond motifs is 1. The molecule has 0 aliphatic carbocycles.